The van der Waals surface area contributed by atoms with Crippen molar-refractivity contribution in [2.45, 2.75) is 45.6 Å². The van der Waals surface area contributed by atoms with Gasteiger partial charge in [0.15, 0.2) is 0 Å². The second-order valence-corrected chi connectivity index (χ2v) is 6.31. The van der Waals surface area contributed by atoms with E-state index < -0.39 is 0 Å². The number of nitrogens with zero attached hydrogens (tertiary/aromatic N) is 1. The fraction of sp³-hybridized carbons (Fsp3) is 0.562. The summed E-state index contributed by atoms with van der Waals surface area (Å²) in [5, 5.41) is 0. The molecule has 0 saturated heterocycles. The summed E-state index contributed by atoms with van der Waals surface area (Å²) >= 11 is 5.21. The molecule has 2 N–H and O–H groups in total. The first-order valence-electron chi connectivity index (χ1n) is 7.25. The molecule has 104 valence electrons. The van der Waals surface area contributed by atoms with E-state index in [1.54, 1.807) is 0 Å². The van der Waals surface area contributed by atoms with Crippen LogP contribution in [0.5, 0.6) is 0 Å². The van der Waals surface area contributed by atoms with Crippen molar-refractivity contribution in [3.63, 3.8) is 0 Å². The zero-order valence-corrected chi connectivity index (χ0v) is 12.7. The minimum atomic E-state index is 0.502. The molecule has 0 aliphatic heterocycles. The first-order chi connectivity index (χ1) is 9.09. The van der Waals surface area contributed by atoms with Gasteiger partial charge in [-0.15, -0.1) is 0 Å². The molecule has 0 aromatic heterocycles. The summed E-state index contributed by atoms with van der Waals surface area (Å²) in [7, 11) is 0. The van der Waals surface area contributed by atoms with Gasteiger partial charge in [0.2, 0.25) is 0 Å². The van der Waals surface area contributed by atoms with Gasteiger partial charge >= 0.3 is 0 Å². The largest absolute Gasteiger partial charge is 0.389 e. The lowest BCUT2D eigenvalue weighted by Crippen LogP contribution is -2.37. The highest BCUT2D eigenvalue weighted by atomic mass is 32.1. The average Bonchev–Trinajstić information content (AvgIpc) is 2.89. The van der Waals surface area contributed by atoms with Gasteiger partial charge in [0.25, 0.3) is 0 Å². The Labute approximate surface area is 122 Å². The molecule has 1 aromatic carbocycles. The summed E-state index contributed by atoms with van der Waals surface area (Å²) in [5.74, 6) is 0.639. The van der Waals surface area contributed by atoms with Gasteiger partial charge in [0, 0.05) is 23.8 Å². The molecule has 0 heterocycles. The fourth-order valence-corrected chi connectivity index (χ4v) is 3.16. The third kappa shape index (κ3) is 3.47. The number of benzene rings is 1. The Morgan fingerprint density at radius 3 is 2.53 bits per heavy atom. The van der Waals surface area contributed by atoms with Crippen LogP contribution in [0, 0.1) is 5.92 Å². The van der Waals surface area contributed by atoms with Crippen LogP contribution in [0.15, 0.2) is 24.3 Å². The van der Waals surface area contributed by atoms with Crippen LogP contribution in [0.1, 0.15) is 45.1 Å². The van der Waals surface area contributed by atoms with Crippen LogP contribution in [0.25, 0.3) is 0 Å². The highest BCUT2D eigenvalue weighted by Gasteiger charge is 2.25. The van der Waals surface area contributed by atoms with E-state index in [0.29, 0.717) is 16.9 Å². The van der Waals surface area contributed by atoms with E-state index in [9.17, 15) is 0 Å². The van der Waals surface area contributed by atoms with E-state index in [4.69, 9.17) is 18.0 Å². The zero-order valence-electron chi connectivity index (χ0n) is 11.9. The SMILES string of the molecule is CC(C)CN(c1ccccc1C(N)=S)C1CCCC1. The normalized spacial score (nSPS) is 15.9. The standard InChI is InChI=1S/C16H24N2S/c1-12(2)11-18(13-7-3-4-8-13)15-10-6-5-9-14(15)16(17)19/h5-6,9-10,12-13H,3-4,7-8,11H2,1-2H3,(H2,17,19). The molecule has 1 aliphatic rings. The van der Waals surface area contributed by atoms with Gasteiger partial charge in [-0.25, -0.2) is 0 Å². The van der Waals surface area contributed by atoms with Crippen LogP contribution in [0.2, 0.25) is 0 Å². The van der Waals surface area contributed by atoms with Crippen LogP contribution in [0.4, 0.5) is 5.69 Å². The predicted octanol–water partition coefficient (Wildman–Crippen LogP) is 3.73. The quantitative estimate of drug-likeness (QED) is 0.831. The maximum Gasteiger partial charge on any atom is 0.106 e. The van der Waals surface area contributed by atoms with Crippen molar-refractivity contribution >= 4 is 22.9 Å². The highest BCUT2D eigenvalue weighted by Crippen LogP contribution is 2.31. The monoisotopic (exact) mass is 276 g/mol. The molecule has 19 heavy (non-hydrogen) atoms. The van der Waals surface area contributed by atoms with Crippen LogP contribution in [-0.4, -0.2) is 17.6 Å². The predicted molar refractivity (Wildman–Crippen MR) is 86.8 cm³/mol. The Morgan fingerprint density at radius 2 is 1.95 bits per heavy atom. The van der Waals surface area contributed by atoms with Crippen molar-refractivity contribution in [1.29, 1.82) is 0 Å². The van der Waals surface area contributed by atoms with E-state index in [1.807, 2.05) is 12.1 Å². The van der Waals surface area contributed by atoms with E-state index >= 15 is 0 Å². The molecule has 1 fully saturated rings. The van der Waals surface area contributed by atoms with E-state index in [-0.39, 0.29) is 0 Å². The first-order valence-corrected chi connectivity index (χ1v) is 7.66. The van der Waals surface area contributed by atoms with Gasteiger partial charge in [-0.05, 0) is 30.9 Å². The molecule has 0 radical (unpaired) electrons. The maximum absolute atomic E-state index is 5.89. The zero-order chi connectivity index (χ0) is 13.8. The Bertz CT molecular complexity index is 436. The number of thiocarbonyl (C=S) groups is 1. The molecule has 2 nitrogen and oxygen atoms in total. The molecule has 3 heteroatoms. The van der Waals surface area contributed by atoms with Gasteiger partial charge in [-0.2, -0.15) is 0 Å². The number of hydrogen-bond acceptors (Lipinski definition) is 2. The molecule has 1 aliphatic carbocycles. The second-order valence-electron chi connectivity index (χ2n) is 5.87. The summed E-state index contributed by atoms with van der Waals surface area (Å²) in [6, 6.07) is 8.95. The van der Waals surface area contributed by atoms with E-state index in [2.05, 4.69) is 30.9 Å². The van der Waals surface area contributed by atoms with Gasteiger partial charge in [-0.1, -0.05) is 51.0 Å². The summed E-state index contributed by atoms with van der Waals surface area (Å²) < 4.78 is 0. The molecule has 0 spiro atoms. The van der Waals surface area contributed by atoms with Crippen molar-refractivity contribution in [2.24, 2.45) is 11.7 Å². The molecule has 0 amide bonds. The van der Waals surface area contributed by atoms with E-state index in [0.717, 1.165) is 12.1 Å². The van der Waals surface area contributed by atoms with Gasteiger partial charge in [-0.3, -0.25) is 0 Å². The van der Waals surface area contributed by atoms with Crippen molar-refractivity contribution in [3.05, 3.63) is 29.8 Å². The molecular weight excluding hydrogens is 252 g/mol. The fourth-order valence-electron chi connectivity index (χ4n) is 2.99. The van der Waals surface area contributed by atoms with Crippen LogP contribution in [0.3, 0.4) is 0 Å². The van der Waals surface area contributed by atoms with Crippen molar-refractivity contribution in [2.75, 3.05) is 11.4 Å². The third-order valence-electron chi connectivity index (χ3n) is 3.81. The lowest BCUT2D eigenvalue weighted by atomic mass is 10.1. The Balaban J connectivity index is 2.34. The summed E-state index contributed by atoms with van der Waals surface area (Å²) in [6.45, 7) is 5.61. The Morgan fingerprint density at radius 1 is 1.32 bits per heavy atom. The Kier molecular flexibility index (Phi) is 4.81. The molecule has 2 rings (SSSR count). The smallest absolute Gasteiger partial charge is 0.106 e. The maximum atomic E-state index is 5.89. The molecule has 0 bridgehead atoms. The van der Waals surface area contributed by atoms with Crippen molar-refractivity contribution in [3.8, 4) is 0 Å². The number of hydrogen-bond donors (Lipinski definition) is 1. The summed E-state index contributed by atoms with van der Waals surface area (Å²) in [5.41, 5.74) is 8.12. The number of anilines is 1. The van der Waals surface area contributed by atoms with Crippen LogP contribution >= 0.6 is 12.2 Å². The number of para-hydroxylation sites is 1. The summed E-state index contributed by atoms with van der Waals surface area (Å²) in [4.78, 5) is 3.04. The molecule has 1 saturated carbocycles. The number of nitrogens with two attached hydrogens (primary N) is 1. The van der Waals surface area contributed by atoms with Gasteiger partial charge < -0.3 is 10.6 Å². The minimum absolute atomic E-state index is 0.502. The molecule has 0 unspecified atom stereocenters. The van der Waals surface area contributed by atoms with E-state index in [1.165, 1.54) is 31.4 Å². The average molecular weight is 276 g/mol. The second kappa shape index (κ2) is 6.38. The van der Waals surface area contributed by atoms with Crippen molar-refractivity contribution < 1.29 is 0 Å². The van der Waals surface area contributed by atoms with Gasteiger partial charge in [0.05, 0.1) is 0 Å². The van der Waals surface area contributed by atoms with Crippen LogP contribution < -0.4 is 10.6 Å². The van der Waals surface area contributed by atoms with Gasteiger partial charge in [0.1, 0.15) is 4.99 Å². The third-order valence-corrected chi connectivity index (χ3v) is 4.03. The molecular formula is C16H24N2S. The number of rotatable bonds is 5. The van der Waals surface area contributed by atoms with Crippen LogP contribution in [-0.2, 0) is 0 Å². The van der Waals surface area contributed by atoms with Crippen molar-refractivity contribution in [1.82, 2.24) is 0 Å². The minimum Gasteiger partial charge on any atom is -0.389 e. The topological polar surface area (TPSA) is 29.3 Å². The molecule has 0 atom stereocenters. The first kappa shape index (κ1) is 14.3. The lowest BCUT2D eigenvalue weighted by molar-refractivity contribution is 0.535. The Hall–Kier alpha value is -1.09. The highest BCUT2D eigenvalue weighted by molar-refractivity contribution is 7.80. The molecule has 1 aromatic rings. The summed E-state index contributed by atoms with van der Waals surface area (Å²) in [6.07, 6.45) is 5.26. The lowest BCUT2D eigenvalue weighted by Gasteiger charge is -2.34.